The maximum Gasteiger partial charge on any atom is 0.135 e. The summed E-state index contributed by atoms with van der Waals surface area (Å²) >= 11 is 0. The maximum absolute atomic E-state index is 9.12. The second-order valence-corrected chi connectivity index (χ2v) is 5.41. The van der Waals surface area contributed by atoms with Gasteiger partial charge >= 0.3 is 0 Å². The van der Waals surface area contributed by atoms with Gasteiger partial charge in [0.1, 0.15) is 17.5 Å². The third-order valence-electron chi connectivity index (χ3n) is 3.09. The molecule has 19 heavy (non-hydrogen) atoms. The van der Waals surface area contributed by atoms with Crippen molar-refractivity contribution in [3.63, 3.8) is 0 Å². The van der Waals surface area contributed by atoms with E-state index >= 15 is 0 Å². The van der Waals surface area contributed by atoms with Crippen LogP contribution in [0.3, 0.4) is 0 Å². The van der Waals surface area contributed by atoms with Crippen LogP contribution in [0.1, 0.15) is 45.9 Å². The Morgan fingerprint density at radius 3 is 2.26 bits per heavy atom. The molecule has 1 unspecified atom stereocenters. The van der Waals surface area contributed by atoms with E-state index in [1.807, 2.05) is 13.1 Å². The van der Waals surface area contributed by atoms with Crippen LogP contribution >= 0.6 is 0 Å². The van der Waals surface area contributed by atoms with Crippen LogP contribution in [0.15, 0.2) is 6.07 Å². The summed E-state index contributed by atoms with van der Waals surface area (Å²) in [4.78, 5) is 8.98. The van der Waals surface area contributed by atoms with Crippen molar-refractivity contribution in [2.75, 3.05) is 24.3 Å². The molecule has 108 valence electrons. The highest BCUT2D eigenvalue weighted by Gasteiger charge is 2.15. The maximum atomic E-state index is 9.12. The highest BCUT2D eigenvalue weighted by atomic mass is 16.3. The molecule has 0 aliphatic rings. The molecule has 0 bridgehead atoms. The number of anilines is 2. The van der Waals surface area contributed by atoms with Gasteiger partial charge in [-0.25, -0.2) is 9.97 Å². The Morgan fingerprint density at radius 2 is 1.79 bits per heavy atom. The Bertz CT molecular complexity index is 393. The Kier molecular flexibility index (Phi) is 6.02. The summed E-state index contributed by atoms with van der Waals surface area (Å²) in [6.45, 7) is 8.60. The van der Waals surface area contributed by atoms with Crippen molar-refractivity contribution >= 4 is 11.6 Å². The first-order valence-electron chi connectivity index (χ1n) is 6.92. The van der Waals surface area contributed by atoms with E-state index in [9.17, 15) is 0 Å². The molecule has 0 amide bonds. The molecule has 0 saturated carbocycles. The summed E-state index contributed by atoms with van der Waals surface area (Å²) in [6.07, 6.45) is 0.716. The molecule has 1 atom stereocenters. The van der Waals surface area contributed by atoms with Crippen molar-refractivity contribution in [1.82, 2.24) is 9.97 Å². The highest BCUT2D eigenvalue weighted by Crippen LogP contribution is 2.19. The van der Waals surface area contributed by atoms with Gasteiger partial charge in [-0.2, -0.15) is 0 Å². The molecule has 1 heterocycles. The molecule has 0 aromatic carbocycles. The van der Waals surface area contributed by atoms with Crippen LogP contribution in [0, 0.1) is 5.92 Å². The molecular weight excluding hydrogens is 240 g/mol. The first-order valence-corrected chi connectivity index (χ1v) is 6.92. The molecular formula is C14H26N4O. The number of aliphatic hydroxyl groups is 1. The lowest BCUT2D eigenvalue weighted by Gasteiger charge is -2.23. The number of aliphatic hydroxyl groups excluding tert-OH is 1. The molecule has 0 spiro atoms. The Balaban J connectivity index is 2.95. The van der Waals surface area contributed by atoms with Gasteiger partial charge in [-0.05, 0) is 12.3 Å². The lowest BCUT2D eigenvalue weighted by molar-refractivity contribution is 0.267. The fourth-order valence-corrected chi connectivity index (χ4v) is 1.83. The lowest BCUT2D eigenvalue weighted by atomic mass is 10.0. The summed E-state index contributed by atoms with van der Waals surface area (Å²) in [6, 6.07) is 2.11. The average Bonchev–Trinajstić information content (AvgIpc) is 2.37. The topological polar surface area (TPSA) is 70.1 Å². The average molecular weight is 266 g/mol. The van der Waals surface area contributed by atoms with E-state index in [0.29, 0.717) is 12.3 Å². The molecule has 1 aromatic heterocycles. The van der Waals surface area contributed by atoms with Gasteiger partial charge in [-0.15, -0.1) is 0 Å². The molecule has 1 rings (SSSR count). The number of hydrogen-bond donors (Lipinski definition) is 3. The summed E-state index contributed by atoms with van der Waals surface area (Å²) in [5, 5.41) is 15.6. The van der Waals surface area contributed by atoms with E-state index < -0.39 is 0 Å². The molecule has 0 fully saturated rings. The van der Waals surface area contributed by atoms with Crippen LogP contribution in [-0.2, 0) is 0 Å². The third-order valence-corrected chi connectivity index (χ3v) is 3.09. The van der Waals surface area contributed by atoms with Crippen molar-refractivity contribution < 1.29 is 5.11 Å². The first-order chi connectivity index (χ1) is 8.97. The normalized spacial score (nSPS) is 12.8. The molecule has 5 heteroatoms. The van der Waals surface area contributed by atoms with E-state index in [1.165, 1.54) is 0 Å². The van der Waals surface area contributed by atoms with E-state index in [2.05, 4.69) is 48.3 Å². The summed E-state index contributed by atoms with van der Waals surface area (Å²) in [5.74, 6) is 3.16. The molecule has 3 N–H and O–H groups in total. The van der Waals surface area contributed by atoms with Crippen molar-refractivity contribution in [2.45, 2.75) is 46.1 Å². The monoisotopic (exact) mass is 266 g/mol. The smallest absolute Gasteiger partial charge is 0.135 e. The SMILES string of the molecule is CNc1cc(NC(CCO)C(C)C)nc(C(C)C)n1. The first kappa shape index (κ1) is 15.7. The molecule has 5 nitrogen and oxygen atoms in total. The van der Waals surface area contributed by atoms with Gasteiger partial charge in [0.05, 0.1) is 0 Å². The second kappa shape index (κ2) is 7.28. The molecule has 1 aromatic rings. The molecule has 0 aliphatic heterocycles. The minimum absolute atomic E-state index is 0.177. The summed E-state index contributed by atoms with van der Waals surface area (Å²) in [5.41, 5.74) is 0. The number of nitrogens with one attached hydrogen (secondary N) is 2. The molecule has 0 radical (unpaired) electrons. The van der Waals surface area contributed by atoms with E-state index in [4.69, 9.17) is 5.11 Å². The minimum atomic E-state index is 0.177. The summed E-state index contributed by atoms with van der Waals surface area (Å²) < 4.78 is 0. The largest absolute Gasteiger partial charge is 0.396 e. The molecule has 0 saturated heterocycles. The van der Waals surface area contributed by atoms with Crippen molar-refractivity contribution in [2.24, 2.45) is 5.92 Å². The third kappa shape index (κ3) is 4.67. The van der Waals surface area contributed by atoms with Crippen molar-refractivity contribution in [3.8, 4) is 0 Å². The van der Waals surface area contributed by atoms with Crippen LogP contribution in [0.25, 0.3) is 0 Å². The van der Waals surface area contributed by atoms with Crippen LogP contribution < -0.4 is 10.6 Å². The predicted molar refractivity (Wildman–Crippen MR) is 79.6 cm³/mol. The number of nitrogens with zero attached hydrogens (tertiary/aromatic N) is 2. The van der Waals surface area contributed by atoms with Crippen molar-refractivity contribution in [3.05, 3.63) is 11.9 Å². The van der Waals surface area contributed by atoms with Gasteiger partial charge in [0.15, 0.2) is 0 Å². The standard InChI is InChI=1S/C14H26N4O/c1-9(2)11(6-7-19)16-13-8-12(15-5)17-14(18-13)10(3)4/h8-11,19H,6-7H2,1-5H3,(H2,15,16,17,18). The Hall–Kier alpha value is -1.36. The van der Waals surface area contributed by atoms with Gasteiger partial charge in [0.2, 0.25) is 0 Å². The van der Waals surface area contributed by atoms with Crippen LogP contribution in [0.5, 0.6) is 0 Å². The van der Waals surface area contributed by atoms with Gasteiger partial charge in [-0.1, -0.05) is 27.7 Å². The predicted octanol–water partition coefficient (Wildman–Crippen LogP) is 2.46. The van der Waals surface area contributed by atoms with Crippen molar-refractivity contribution in [1.29, 1.82) is 0 Å². The fourth-order valence-electron chi connectivity index (χ4n) is 1.83. The highest BCUT2D eigenvalue weighted by molar-refractivity contribution is 5.48. The van der Waals surface area contributed by atoms with Crippen LogP contribution in [-0.4, -0.2) is 34.8 Å². The Labute approximate surface area is 115 Å². The minimum Gasteiger partial charge on any atom is -0.396 e. The zero-order valence-electron chi connectivity index (χ0n) is 12.6. The van der Waals surface area contributed by atoms with E-state index in [1.54, 1.807) is 0 Å². The van der Waals surface area contributed by atoms with Gasteiger partial charge in [-0.3, -0.25) is 0 Å². The zero-order chi connectivity index (χ0) is 14.4. The number of rotatable bonds is 7. The van der Waals surface area contributed by atoms with Gasteiger partial charge in [0.25, 0.3) is 0 Å². The van der Waals surface area contributed by atoms with E-state index in [-0.39, 0.29) is 18.6 Å². The second-order valence-electron chi connectivity index (χ2n) is 5.41. The fraction of sp³-hybridized carbons (Fsp3) is 0.714. The summed E-state index contributed by atoms with van der Waals surface area (Å²) in [7, 11) is 1.85. The van der Waals surface area contributed by atoms with Gasteiger partial charge in [0, 0.05) is 31.7 Å². The Morgan fingerprint density at radius 1 is 1.16 bits per heavy atom. The van der Waals surface area contributed by atoms with Crippen LogP contribution in [0.4, 0.5) is 11.6 Å². The molecule has 0 aliphatic carbocycles. The number of aromatic nitrogens is 2. The lowest BCUT2D eigenvalue weighted by Crippen LogP contribution is -2.27. The van der Waals surface area contributed by atoms with Gasteiger partial charge < -0.3 is 15.7 Å². The zero-order valence-corrected chi connectivity index (χ0v) is 12.6. The number of hydrogen-bond acceptors (Lipinski definition) is 5. The van der Waals surface area contributed by atoms with E-state index in [0.717, 1.165) is 17.5 Å². The van der Waals surface area contributed by atoms with Crippen LogP contribution in [0.2, 0.25) is 0 Å². The quantitative estimate of drug-likeness (QED) is 0.707.